The fraction of sp³-hybridized carbons (Fsp3) is 0.464. The Morgan fingerprint density at radius 3 is 1.74 bits per heavy atom. The van der Waals surface area contributed by atoms with E-state index in [2.05, 4.69) is 16.0 Å². The van der Waals surface area contributed by atoms with Crippen LogP contribution in [0.25, 0.3) is 0 Å². The van der Waals surface area contributed by atoms with Crippen molar-refractivity contribution in [2.24, 2.45) is 11.8 Å². The van der Waals surface area contributed by atoms with Crippen LogP contribution in [0.1, 0.15) is 74.6 Å². The molecule has 0 bridgehead atoms. The molecule has 4 rings (SSSR count). The predicted octanol–water partition coefficient (Wildman–Crippen LogP) is 5.99. The Labute approximate surface area is 207 Å². The van der Waals surface area contributed by atoms with E-state index < -0.39 is 0 Å². The Kier molecular flexibility index (Phi) is 8.40. The van der Waals surface area contributed by atoms with Crippen LogP contribution in [0.4, 0.5) is 17.1 Å². The van der Waals surface area contributed by atoms with Crippen LogP contribution in [0.2, 0.25) is 0 Å². The van der Waals surface area contributed by atoms with E-state index >= 15 is 0 Å². The molecule has 2 saturated carbocycles. The van der Waals surface area contributed by atoms with E-state index in [1.54, 1.807) is 37.4 Å². The normalized spacial score (nSPS) is 16.8. The summed E-state index contributed by atoms with van der Waals surface area (Å²) in [5.74, 6) is 0.100. The van der Waals surface area contributed by atoms with Gasteiger partial charge >= 0.3 is 0 Å². The fourth-order valence-corrected chi connectivity index (χ4v) is 5.06. The number of hydrogen-bond acceptors (Lipinski definition) is 4. The predicted molar refractivity (Wildman–Crippen MR) is 138 cm³/mol. The number of para-hydroxylation sites is 2. The fourth-order valence-electron chi connectivity index (χ4n) is 5.06. The van der Waals surface area contributed by atoms with Gasteiger partial charge < -0.3 is 20.7 Å². The second kappa shape index (κ2) is 11.9. The van der Waals surface area contributed by atoms with Crippen molar-refractivity contribution < 1.29 is 19.1 Å². The molecule has 3 N–H and O–H groups in total. The van der Waals surface area contributed by atoms with Gasteiger partial charge in [0.15, 0.2) is 0 Å². The van der Waals surface area contributed by atoms with Crippen molar-refractivity contribution in [3.05, 3.63) is 48.0 Å². The first kappa shape index (κ1) is 24.8. The van der Waals surface area contributed by atoms with Crippen molar-refractivity contribution in [1.29, 1.82) is 0 Å². The largest absolute Gasteiger partial charge is 0.495 e. The van der Waals surface area contributed by atoms with Gasteiger partial charge in [-0.25, -0.2) is 0 Å². The molecular formula is C28H35N3O4. The molecule has 0 aliphatic heterocycles. The van der Waals surface area contributed by atoms with Crippen molar-refractivity contribution in [1.82, 2.24) is 0 Å². The van der Waals surface area contributed by atoms with Crippen molar-refractivity contribution in [2.75, 3.05) is 23.1 Å². The lowest BCUT2D eigenvalue weighted by atomic mass is 9.88. The lowest BCUT2D eigenvalue weighted by molar-refractivity contribution is -0.121. The Bertz CT molecular complexity index is 1010. The molecule has 3 amide bonds. The Balaban J connectivity index is 1.56. The quantitative estimate of drug-likeness (QED) is 0.457. The number of benzene rings is 2. The van der Waals surface area contributed by atoms with Crippen LogP contribution in [0.15, 0.2) is 42.5 Å². The lowest BCUT2D eigenvalue weighted by Gasteiger charge is -2.22. The van der Waals surface area contributed by atoms with Gasteiger partial charge in [-0.3, -0.25) is 14.4 Å². The summed E-state index contributed by atoms with van der Waals surface area (Å²) in [7, 11) is 1.55. The Morgan fingerprint density at radius 2 is 1.23 bits per heavy atom. The third-order valence-electron chi connectivity index (χ3n) is 7.04. The van der Waals surface area contributed by atoms with Crippen LogP contribution in [0.3, 0.4) is 0 Å². The highest BCUT2D eigenvalue weighted by molar-refractivity contribution is 6.07. The first-order chi connectivity index (χ1) is 17.0. The molecule has 0 aromatic heterocycles. The topological polar surface area (TPSA) is 96.5 Å². The maximum Gasteiger partial charge on any atom is 0.255 e. The summed E-state index contributed by atoms with van der Waals surface area (Å²) in [6.45, 7) is 0. The van der Waals surface area contributed by atoms with Crippen LogP contribution in [-0.2, 0) is 9.59 Å². The van der Waals surface area contributed by atoms with Crippen molar-refractivity contribution in [2.45, 2.75) is 64.2 Å². The second-order valence-electron chi connectivity index (χ2n) is 9.60. The minimum atomic E-state index is -0.351. The monoisotopic (exact) mass is 477 g/mol. The molecule has 2 fully saturated rings. The number of ether oxygens (including phenoxy) is 1. The number of anilines is 3. The molecule has 0 unspecified atom stereocenters. The minimum Gasteiger partial charge on any atom is -0.495 e. The molecule has 7 heteroatoms. The van der Waals surface area contributed by atoms with Gasteiger partial charge in [-0.2, -0.15) is 0 Å². The summed E-state index contributed by atoms with van der Waals surface area (Å²) in [4.78, 5) is 38.9. The van der Waals surface area contributed by atoms with E-state index in [1.165, 1.54) is 12.8 Å². The first-order valence-electron chi connectivity index (χ1n) is 12.7. The van der Waals surface area contributed by atoms with Crippen LogP contribution < -0.4 is 20.7 Å². The van der Waals surface area contributed by atoms with Gasteiger partial charge in [0, 0.05) is 28.8 Å². The van der Waals surface area contributed by atoms with Crippen LogP contribution in [0.5, 0.6) is 5.75 Å². The zero-order valence-electron chi connectivity index (χ0n) is 20.4. The molecule has 0 atom stereocenters. The molecule has 2 aromatic carbocycles. The molecule has 2 aliphatic carbocycles. The highest BCUT2D eigenvalue weighted by Crippen LogP contribution is 2.29. The number of hydrogen-bond donors (Lipinski definition) is 3. The molecule has 0 heterocycles. The third-order valence-corrected chi connectivity index (χ3v) is 7.04. The minimum absolute atomic E-state index is 0.0184. The van der Waals surface area contributed by atoms with Crippen LogP contribution >= 0.6 is 0 Å². The third kappa shape index (κ3) is 6.62. The van der Waals surface area contributed by atoms with Crippen molar-refractivity contribution in [3.8, 4) is 5.75 Å². The van der Waals surface area contributed by atoms with Gasteiger partial charge in [-0.05, 0) is 56.0 Å². The SMILES string of the molecule is COc1ccccc1NC(=O)c1cc(NC(=O)C2CCCCC2)cc(NC(=O)C2CCCCC2)c1. The van der Waals surface area contributed by atoms with Crippen LogP contribution in [-0.4, -0.2) is 24.8 Å². The highest BCUT2D eigenvalue weighted by Gasteiger charge is 2.24. The average molecular weight is 478 g/mol. The van der Waals surface area contributed by atoms with Gasteiger partial charge in [-0.15, -0.1) is 0 Å². The van der Waals surface area contributed by atoms with Crippen molar-refractivity contribution in [3.63, 3.8) is 0 Å². The number of carbonyl (C=O) groups excluding carboxylic acids is 3. The molecule has 35 heavy (non-hydrogen) atoms. The van der Waals surface area contributed by atoms with Gasteiger partial charge in [0.25, 0.3) is 5.91 Å². The highest BCUT2D eigenvalue weighted by atomic mass is 16.5. The molecule has 0 saturated heterocycles. The molecule has 2 aliphatic rings. The summed E-state index contributed by atoms with van der Waals surface area (Å²) in [6, 6.07) is 12.2. The Morgan fingerprint density at radius 1 is 0.714 bits per heavy atom. The lowest BCUT2D eigenvalue weighted by Crippen LogP contribution is -2.26. The van der Waals surface area contributed by atoms with Gasteiger partial charge in [0.1, 0.15) is 5.75 Å². The first-order valence-corrected chi connectivity index (χ1v) is 12.7. The van der Waals surface area contributed by atoms with Crippen LogP contribution in [0, 0.1) is 11.8 Å². The molecule has 2 aromatic rings. The number of rotatable bonds is 7. The van der Waals surface area contributed by atoms with E-state index in [-0.39, 0.29) is 29.6 Å². The van der Waals surface area contributed by atoms with E-state index in [9.17, 15) is 14.4 Å². The van der Waals surface area contributed by atoms with Gasteiger partial charge in [0.05, 0.1) is 12.8 Å². The number of nitrogens with one attached hydrogen (secondary N) is 3. The van der Waals surface area contributed by atoms with Gasteiger partial charge in [0.2, 0.25) is 11.8 Å². The summed E-state index contributed by atoms with van der Waals surface area (Å²) >= 11 is 0. The molecule has 7 nitrogen and oxygen atoms in total. The van der Waals surface area contributed by atoms with E-state index in [0.29, 0.717) is 28.4 Å². The summed E-state index contributed by atoms with van der Waals surface area (Å²) < 4.78 is 5.34. The zero-order valence-corrected chi connectivity index (χ0v) is 20.4. The molecular weight excluding hydrogens is 442 g/mol. The molecule has 0 spiro atoms. The Hall–Kier alpha value is -3.35. The average Bonchev–Trinajstić information content (AvgIpc) is 2.89. The standard InChI is InChI=1S/C28H35N3O4/c1-35-25-15-9-8-14-24(25)31-28(34)21-16-22(29-26(32)19-10-4-2-5-11-19)18-23(17-21)30-27(33)20-12-6-3-7-13-20/h8-9,14-20H,2-7,10-13H2,1H3,(H,29,32)(H,30,33)(H,31,34). The summed E-state index contributed by atoms with van der Waals surface area (Å²) in [6.07, 6.45) is 10.1. The van der Waals surface area contributed by atoms with Gasteiger partial charge in [-0.1, -0.05) is 50.7 Å². The van der Waals surface area contributed by atoms with Crippen molar-refractivity contribution >= 4 is 34.8 Å². The van der Waals surface area contributed by atoms with E-state index in [0.717, 1.165) is 51.4 Å². The maximum atomic E-state index is 13.2. The summed E-state index contributed by atoms with van der Waals surface area (Å²) in [5, 5.41) is 8.86. The number of amides is 3. The summed E-state index contributed by atoms with van der Waals surface area (Å²) in [5.41, 5.74) is 1.90. The van der Waals surface area contributed by atoms with E-state index in [4.69, 9.17) is 4.74 Å². The molecule has 186 valence electrons. The van der Waals surface area contributed by atoms with E-state index in [1.807, 2.05) is 12.1 Å². The maximum absolute atomic E-state index is 13.2. The zero-order chi connectivity index (χ0) is 24.6. The number of carbonyl (C=O) groups is 3. The second-order valence-corrected chi connectivity index (χ2v) is 9.60. The smallest absolute Gasteiger partial charge is 0.255 e. The molecule has 0 radical (unpaired) electrons. The number of methoxy groups -OCH3 is 1.